The number of nitrogens with zero attached hydrogens (tertiary/aromatic N) is 1. The van der Waals surface area contributed by atoms with Crippen LogP contribution in [0.4, 0.5) is 13.2 Å². The number of amides is 1. The third kappa shape index (κ3) is 4.86. The van der Waals surface area contributed by atoms with Crippen molar-refractivity contribution in [1.29, 1.82) is 0 Å². The van der Waals surface area contributed by atoms with Crippen LogP contribution in [0.1, 0.15) is 28.8 Å². The highest BCUT2D eigenvalue weighted by molar-refractivity contribution is 7.92. The molecule has 1 heterocycles. The second-order valence-electron chi connectivity index (χ2n) is 6.96. The number of sulfone groups is 1. The summed E-state index contributed by atoms with van der Waals surface area (Å²) in [5.74, 6) is -0.330. The van der Waals surface area contributed by atoms with E-state index in [1.807, 2.05) is 0 Å². The number of halogens is 4. The summed E-state index contributed by atoms with van der Waals surface area (Å²) in [7, 11) is -2.49. The van der Waals surface area contributed by atoms with Gasteiger partial charge in [-0.1, -0.05) is 17.7 Å². The molecule has 1 amide bonds. The van der Waals surface area contributed by atoms with Gasteiger partial charge in [0.1, 0.15) is 5.15 Å². The molecule has 11 heteroatoms. The number of alkyl halides is 3. The molecule has 1 aliphatic carbocycles. The van der Waals surface area contributed by atoms with Crippen LogP contribution in [0.2, 0.25) is 5.15 Å². The number of carbonyl (C=O) groups excluding carboxylic acids is 1. The van der Waals surface area contributed by atoms with Gasteiger partial charge in [0.25, 0.3) is 5.91 Å². The summed E-state index contributed by atoms with van der Waals surface area (Å²) in [6, 6.07) is 6.54. The first-order valence-electron chi connectivity index (χ1n) is 8.91. The van der Waals surface area contributed by atoms with Crippen LogP contribution in [-0.2, 0) is 16.0 Å². The van der Waals surface area contributed by atoms with Crippen LogP contribution in [0.25, 0.3) is 0 Å². The summed E-state index contributed by atoms with van der Waals surface area (Å²) in [5, 5.41) is 2.01. The molecule has 0 atom stereocenters. The minimum Gasteiger partial charge on any atom is -0.481 e. The van der Waals surface area contributed by atoms with Gasteiger partial charge in [0.05, 0.1) is 22.8 Å². The fourth-order valence-corrected chi connectivity index (χ4v) is 5.38. The maximum atomic E-state index is 12.8. The lowest BCUT2D eigenvalue weighted by atomic mass is 9.85. The van der Waals surface area contributed by atoms with E-state index in [4.69, 9.17) is 16.3 Å². The molecule has 1 aromatic heterocycles. The molecule has 1 N–H and O–H groups in total. The summed E-state index contributed by atoms with van der Waals surface area (Å²) < 4.78 is 68.7. The van der Waals surface area contributed by atoms with E-state index in [0.29, 0.717) is 6.07 Å². The lowest BCUT2D eigenvalue weighted by Gasteiger charge is -2.35. The summed E-state index contributed by atoms with van der Waals surface area (Å²) in [6.07, 6.45) is -4.12. The summed E-state index contributed by atoms with van der Waals surface area (Å²) in [5.41, 5.74) is -0.752. The molecule has 0 saturated heterocycles. The van der Waals surface area contributed by atoms with E-state index >= 15 is 0 Å². The molecule has 0 unspecified atom stereocenters. The molecule has 2 aromatic rings. The van der Waals surface area contributed by atoms with Gasteiger partial charge in [-0.15, -0.1) is 0 Å². The predicted molar refractivity (Wildman–Crippen MR) is 103 cm³/mol. The molecule has 0 radical (unpaired) electrons. The number of hydrogen-bond donors (Lipinski definition) is 1. The van der Waals surface area contributed by atoms with Gasteiger partial charge in [0, 0.05) is 18.2 Å². The molecule has 1 fully saturated rings. The van der Waals surface area contributed by atoms with Gasteiger partial charge < -0.3 is 10.1 Å². The SMILES string of the molecule is COc1cc(C(=O)NC[C@H]2C[C@@H](S(=O)(=O)c3cccc(C(F)(F)F)c3)C2)cc(Cl)n1. The van der Waals surface area contributed by atoms with Crippen molar-refractivity contribution < 1.29 is 31.1 Å². The molecule has 1 saturated carbocycles. The van der Waals surface area contributed by atoms with Crippen molar-refractivity contribution in [2.45, 2.75) is 29.2 Å². The standard InChI is InChI=1S/C19H18ClF3N2O4S/c1-29-17-8-12(7-16(20)25-17)18(26)24-10-11-5-15(6-11)30(27,28)14-4-2-3-13(9-14)19(21,22)23/h2-4,7-9,11,15H,5-6,10H2,1H3,(H,24,26)/t11-,15+. The Bertz CT molecular complexity index is 1050. The number of aromatic nitrogens is 1. The van der Waals surface area contributed by atoms with E-state index < -0.39 is 32.7 Å². The number of hydrogen-bond acceptors (Lipinski definition) is 5. The Kier molecular flexibility index (Phi) is 6.28. The van der Waals surface area contributed by atoms with Crippen molar-refractivity contribution >= 4 is 27.3 Å². The van der Waals surface area contributed by atoms with E-state index in [9.17, 15) is 26.4 Å². The average molecular weight is 463 g/mol. The molecule has 0 bridgehead atoms. The fraction of sp³-hybridized carbons (Fsp3) is 0.368. The number of pyridine rings is 1. The third-order valence-electron chi connectivity index (χ3n) is 4.91. The molecule has 0 spiro atoms. The van der Waals surface area contributed by atoms with Gasteiger partial charge in [-0.2, -0.15) is 13.2 Å². The molecule has 162 valence electrons. The number of methoxy groups -OCH3 is 1. The van der Waals surface area contributed by atoms with Crippen molar-refractivity contribution in [2.75, 3.05) is 13.7 Å². The van der Waals surface area contributed by atoms with Gasteiger partial charge in [-0.3, -0.25) is 4.79 Å². The highest BCUT2D eigenvalue weighted by Gasteiger charge is 2.40. The normalized spacial score (nSPS) is 19.1. The van der Waals surface area contributed by atoms with Crippen LogP contribution in [-0.4, -0.2) is 38.2 Å². The summed E-state index contributed by atoms with van der Waals surface area (Å²) in [4.78, 5) is 15.8. The monoisotopic (exact) mass is 462 g/mol. The zero-order valence-electron chi connectivity index (χ0n) is 15.7. The van der Waals surface area contributed by atoms with E-state index in [1.54, 1.807) is 0 Å². The summed E-state index contributed by atoms with van der Waals surface area (Å²) in [6.45, 7) is 0.232. The Morgan fingerprint density at radius 1 is 1.27 bits per heavy atom. The van der Waals surface area contributed by atoms with E-state index in [0.717, 1.165) is 12.1 Å². The van der Waals surface area contributed by atoms with Crippen LogP contribution >= 0.6 is 11.6 Å². The van der Waals surface area contributed by atoms with Gasteiger partial charge in [-0.05, 0) is 43.0 Å². The number of nitrogens with one attached hydrogen (secondary N) is 1. The van der Waals surface area contributed by atoms with Crippen LogP contribution in [0.5, 0.6) is 5.88 Å². The molecular formula is C19H18ClF3N2O4S. The lowest BCUT2D eigenvalue weighted by Crippen LogP contribution is -2.42. The summed E-state index contributed by atoms with van der Waals surface area (Å²) >= 11 is 5.83. The number of carbonyl (C=O) groups is 1. The second kappa shape index (κ2) is 8.43. The Balaban J connectivity index is 1.58. The fourth-order valence-electron chi connectivity index (χ4n) is 3.18. The topological polar surface area (TPSA) is 85.4 Å². The molecule has 6 nitrogen and oxygen atoms in total. The maximum Gasteiger partial charge on any atom is 0.416 e. The maximum absolute atomic E-state index is 12.8. The largest absolute Gasteiger partial charge is 0.481 e. The lowest BCUT2D eigenvalue weighted by molar-refractivity contribution is -0.137. The van der Waals surface area contributed by atoms with E-state index in [-0.39, 0.29) is 46.8 Å². The van der Waals surface area contributed by atoms with Crippen molar-refractivity contribution in [3.8, 4) is 5.88 Å². The third-order valence-corrected chi connectivity index (χ3v) is 7.28. The minimum atomic E-state index is -4.61. The van der Waals surface area contributed by atoms with Crippen LogP contribution in [0, 0.1) is 5.92 Å². The van der Waals surface area contributed by atoms with E-state index in [1.165, 1.54) is 25.3 Å². The van der Waals surface area contributed by atoms with Crippen LogP contribution in [0.3, 0.4) is 0 Å². The Morgan fingerprint density at radius 2 is 1.97 bits per heavy atom. The molecule has 3 rings (SSSR count). The zero-order valence-corrected chi connectivity index (χ0v) is 17.3. The quantitative estimate of drug-likeness (QED) is 0.661. The molecule has 0 aliphatic heterocycles. The first-order chi connectivity index (χ1) is 14.0. The Morgan fingerprint density at radius 3 is 2.60 bits per heavy atom. The van der Waals surface area contributed by atoms with E-state index in [2.05, 4.69) is 10.3 Å². The number of ether oxygens (including phenoxy) is 1. The minimum absolute atomic E-state index is 0.0930. The Hall–Kier alpha value is -2.33. The smallest absolute Gasteiger partial charge is 0.416 e. The zero-order chi connectivity index (χ0) is 22.1. The van der Waals surface area contributed by atoms with Crippen molar-refractivity contribution in [2.24, 2.45) is 5.92 Å². The Labute approximate surface area is 176 Å². The highest BCUT2D eigenvalue weighted by atomic mass is 35.5. The van der Waals surface area contributed by atoms with Gasteiger partial charge in [0.15, 0.2) is 9.84 Å². The van der Waals surface area contributed by atoms with Gasteiger partial charge in [0.2, 0.25) is 5.88 Å². The first kappa shape index (κ1) is 22.4. The molecular weight excluding hydrogens is 445 g/mol. The molecule has 30 heavy (non-hydrogen) atoms. The molecule has 1 aliphatic rings. The average Bonchev–Trinajstić information content (AvgIpc) is 2.65. The second-order valence-corrected chi connectivity index (χ2v) is 9.58. The first-order valence-corrected chi connectivity index (χ1v) is 10.8. The van der Waals surface area contributed by atoms with Crippen molar-refractivity contribution in [3.63, 3.8) is 0 Å². The van der Waals surface area contributed by atoms with Crippen molar-refractivity contribution in [3.05, 3.63) is 52.7 Å². The van der Waals surface area contributed by atoms with Crippen LogP contribution in [0.15, 0.2) is 41.3 Å². The number of benzene rings is 1. The van der Waals surface area contributed by atoms with Gasteiger partial charge in [-0.25, -0.2) is 13.4 Å². The number of rotatable bonds is 6. The van der Waals surface area contributed by atoms with Crippen LogP contribution < -0.4 is 10.1 Å². The predicted octanol–water partition coefficient (Wildman–Crippen LogP) is 3.74. The van der Waals surface area contributed by atoms with Crippen molar-refractivity contribution in [1.82, 2.24) is 10.3 Å². The highest BCUT2D eigenvalue weighted by Crippen LogP contribution is 2.37. The van der Waals surface area contributed by atoms with Gasteiger partial charge >= 0.3 is 6.18 Å². The molecule has 1 aromatic carbocycles.